The van der Waals surface area contributed by atoms with Crippen molar-refractivity contribution in [2.24, 2.45) is 0 Å². The van der Waals surface area contributed by atoms with Crippen LogP contribution in [0.25, 0.3) is 0 Å². The quantitative estimate of drug-likeness (QED) is 0.834. The van der Waals surface area contributed by atoms with Crippen LogP contribution in [0.4, 0.5) is 13.2 Å². The molecule has 0 saturated carbocycles. The summed E-state index contributed by atoms with van der Waals surface area (Å²) in [7, 11) is 1.68. The van der Waals surface area contributed by atoms with Gasteiger partial charge < -0.3 is 5.32 Å². The molecule has 0 bridgehead atoms. The maximum Gasteiger partial charge on any atom is 0.194 e. The monoisotopic (exact) mass is 265 g/mol. The first-order valence-electron chi connectivity index (χ1n) is 5.91. The maximum absolute atomic E-state index is 13.3. The van der Waals surface area contributed by atoms with E-state index in [1.807, 2.05) is 31.2 Å². The Morgan fingerprint density at radius 2 is 1.42 bits per heavy atom. The van der Waals surface area contributed by atoms with E-state index in [0.717, 1.165) is 23.3 Å². The average Bonchev–Trinajstić information content (AvgIpc) is 2.39. The number of hydrogen-bond acceptors (Lipinski definition) is 1. The molecule has 0 aliphatic heterocycles. The van der Waals surface area contributed by atoms with E-state index in [1.165, 1.54) is 0 Å². The lowest BCUT2D eigenvalue weighted by atomic mass is 9.97. The summed E-state index contributed by atoms with van der Waals surface area (Å²) in [6.07, 6.45) is 0. The topological polar surface area (TPSA) is 12.0 Å². The molecule has 2 rings (SSSR count). The molecular weight excluding hydrogens is 251 g/mol. The van der Waals surface area contributed by atoms with Crippen LogP contribution in [0.1, 0.15) is 22.7 Å². The van der Waals surface area contributed by atoms with Gasteiger partial charge in [0, 0.05) is 0 Å². The minimum Gasteiger partial charge on any atom is -0.309 e. The van der Waals surface area contributed by atoms with Gasteiger partial charge in [0.25, 0.3) is 0 Å². The summed E-state index contributed by atoms with van der Waals surface area (Å²) < 4.78 is 39.5. The minimum absolute atomic E-state index is 0.350. The van der Waals surface area contributed by atoms with Gasteiger partial charge in [0.1, 0.15) is 0 Å². The molecule has 100 valence electrons. The van der Waals surface area contributed by atoms with Gasteiger partial charge >= 0.3 is 0 Å². The van der Waals surface area contributed by atoms with E-state index in [2.05, 4.69) is 5.32 Å². The zero-order chi connectivity index (χ0) is 14.0. The SMILES string of the molecule is CNC(c1ccc(C)cc1)c1cc(F)c(F)c(F)c1. The molecule has 0 aliphatic carbocycles. The Morgan fingerprint density at radius 1 is 0.895 bits per heavy atom. The fourth-order valence-corrected chi connectivity index (χ4v) is 2.03. The highest BCUT2D eigenvalue weighted by Crippen LogP contribution is 2.25. The van der Waals surface area contributed by atoms with Crippen molar-refractivity contribution < 1.29 is 13.2 Å². The number of aryl methyl sites for hydroxylation is 1. The Bertz CT molecular complexity index is 555. The first-order chi connectivity index (χ1) is 9.02. The molecular formula is C15H14F3N. The van der Waals surface area contributed by atoms with Crippen molar-refractivity contribution in [1.82, 2.24) is 5.32 Å². The second kappa shape index (κ2) is 5.45. The van der Waals surface area contributed by atoms with Crippen LogP contribution in [0.15, 0.2) is 36.4 Å². The normalized spacial score (nSPS) is 12.5. The van der Waals surface area contributed by atoms with Gasteiger partial charge in [-0.3, -0.25) is 0 Å². The molecule has 1 N–H and O–H groups in total. The van der Waals surface area contributed by atoms with E-state index in [9.17, 15) is 13.2 Å². The molecule has 1 nitrogen and oxygen atoms in total. The van der Waals surface area contributed by atoms with Crippen molar-refractivity contribution in [3.63, 3.8) is 0 Å². The van der Waals surface area contributed by atoms with Crippen molar-refractivity contribution in [1.29, 1.82) is 0 Å². The van der Waals surface area contributed by atoms with Gasteiger partial charge in [-0.15, -0.1) is 0 Å². The van der Waals surface area contributed by atoms with Crippen molar-refractivity contribution in [2.45, 2.75) is 13.0 Å². The summed E-state index contributed by atoms with van der Waals surface area (Å²) in [5, 5.41) is 2.97. The van der Waals surface area contributed by atoms with Crippen LogP contribution in [0.2, 0.25) is 0 Å². The number of rotatable bonds is 3. The number of halogens is 3. The van der Waals surface area contributed by atoms with E-state index < -0.39 is 17.5 Å². The number of nitrogens with one attached hydrogen (secondary N) is 1. The highest BCUT2D eigenvalue weighted by Gasteiger charge is 2.17. The molecule has 0 amide bonds. The average molecular weight is 265 g/mol. The Kier molecular flexibility index (Phi) is 3.90. The first kappa shape index (κ1) is 13.6. The van der Waals surface area contributed by atoms with E-state index in [1.54, 1.807) is 7.05 Å². The Labute approximate surface area is 110 Å². The second-order valence-corrected chi connectivity index (χ2v) is 4.43. The van der Waals surface area contributed by atoms with Gasteiger partial charge in [0.2, 0.25) is 0 Å². The summed E-state index contributed by atoms with van der Waals surface area (Å²) in [4.78, 5) is 0. The van der Waals surface area contributed by atoms with Crippen LogP contribution in [0.5, 0.6) is 0 Å². The van der Waals surface area contributed by atoms with E-state index in [0.29, 0.717) is 5.56 Å². The smallest absolute Gasteiger partial charge is 0.194 e. The van der Waals surface area contributed by atoms with Crippen LogP contribution in [-0.2, 0) is 0 Å². The van der Waals surface area contributed by atoms with Gasteiger partial charge in [-0.25, -0.2) is 13.2 Å². The lowest BCUT2D eigenvalue weighted by Gasteiger charge is -2.18. The lowest BCUT2D eigenvalue weighted by Crippen LogP contribution is -2.18. The van der Waals surface area contributed by atoms with Gasteiger partial charge in [0.05, 0.1) is 6.04 Å². The van der Waals surface area contributed by atoms with Crippen molar-refractivity contribution in [3.05, 3.63) is 70.5 Å². The molecule has 0 saturated heterocycles. The molecule has 4 heteroatoms. The molecule has 0 aromatic heterocycles. The standard InChI is InChI=1S/C15H14F3N/c1-9-3-5-10(6-4-9)15(19-2)11-7-12(16)14(18)13(17)8-11/h3-8,15,19H,1-2H3. The van der Waals surface area contributed by atoms with Gasteiger partial charge in [-0.05, 0) is 37.2 Å². The molecule has 0 aliphatic rings. The summed E-state index contributed by atoms with van der Waals surface area (Å²) >= 11 is 0. The molecule has 1 atom stereocenters. The van der Waals surface area contributed by atoms with E-state index >= 15 is 0 Å². The summed E-state index contributed by atoms with van der Waals surface area (Å²) in [6, 6.07) is 9.21. The number of hydrogen-bond donors (Lipinski definition) is 1. The van der Waals surface area contributed by atoms with Gasteiger partial charge in [0.15, 0.2) is 17.5 Å². The second-order valence-electron chi connectivity index (χ2n) is 4.43. The van der Waals surface area contributed by atoms with Gasteiger partial charge in [-0.1, -0.05) is 29.8 Å². The van der Waals surface area contributed by atoms with Crippen molar-refractivity contribution in [2.75, 3.05) is 7.05 Å². The maximum atomic E-state index is 13.3. The van der Waals surface area contributed by atoms with Crippen molar-refractivity contribution in [3.8, 4) is 0 Å². The molecule has 0 spiro atoms. The predicted octanol–water partition coefficient (Wildman–Crippen LogP) is 3.72. The molecule has 0 radical (unpaired) electrons. The Balaban J connectivity index is 2.45. The fourth-order valence-electron chi connectivity index (χ4n) is 2.03. The van der Waals surface area contributed by atoms with Crippen LogP contribution >= 0.6 is 0 Å². The number of benzene rings is 2. The molecule has 0 fully saturated rings. The molecule has 2 aromatic rings. The third-order valence-corrected chi connectivity index (χ3v) is 3.04. The summed E-state index contributed by atoms with van der Waals surface area (Å²) in [6.45, 7) is 1.95. The predicted molar refractivity (Wildman–Crippen MR) is 68.4 cm³/mol. The lowest BCUT2D eigenvalue weighted by molar-refractivity contribution is 0.443. The largest absolute Gasteiger partial charge is 0.309 e. The Hall–Kier alpha value is -1.81. The van der Waals surface area contributed by atoms with E-state index in [4.69, 9.17) is 0 Å². The van der Waals surface area contributed by atoms with E-state index in [-0.39, 0.29) is 6.04 Å². The summed E-state index contributed by atoms with van der Waals surface area (Å²) in [5.41, 5.74) is 2.30. The highest BCUT2D eigenvalue weighted by molar-refractivity contribution is 5.34. The van der Waals surface area contributed by atoms with Crippen LogP contribution in [0.3, 0.4) is 0 Å². The van der Waals surface area contributed by atoms with Crippen molar-refractivity contribution >= 4 is 0 Å². The van der Waals surface area contributed by atoms with Gasteiger partial charge in [-0.2, -0.15) is 0 Å². The summed E-state index contributed by atoms with van der Waals surface area (Å²) in [5.74, 6) is -3.80. The Morgan fingerprint density at radius 3 is 1.89 bits per heavy atom. The fraction of sp³-hybridized carbons (Fsp3) is 0.200. The third-order valence-electron chi connectivity index (χ3n) is 3.04. The first-order valence-corrected chi connectivity index (χ1v) is 5.91. The third kappa shape index (κ3) is 2.79. The molecule has 1 unspecified atom stereocenters. The minimum atomic E-state index is -1.44. The highest BCUT2D eigenvalue weighted by atomic mass is 19.2. The molecule has 19 heavy (non-hydrogen) atoms. The molecule has 2 aromatic carbocycles. The zero-order valence-corrected chi connectivity index (χ0v) is 10.7. The molecule has 0 heterocycles. The van der Waals surface area contributed by atoms with Crippen LogP contribution in [0, 0.1) is 24.4 Å². The zero-order valence-electron chi connectivity index (χ0n) is 10.7. The van der Waals surface area contributed by atoms with Crippen LogP contribution in [-0.4, -0.2) is 7.05 Å². The van der Waals surface area contributed by atoms with Crippen LogP contribution < -0.4 is 5.32 Å².